The minimum absolute atomic E-state index is 0. The van der Waals surface area contributed by atoms with Crippen LogP contribution < -0.4 is 39.9 Å². The van der Waals surface area contributed by atoms with Gasteiger partial charge >= 0.3 is 0 Å². The van der Waals surface area contributed by atoms with Gasteiger partial charge in [0, 0.05) is 10.8 Å². The first-order valence-corrected chi connectivity index (χ1v) is 14.5. The van der Waals surface area contributed by atoms with E-state index in [2.05, 4.69) is 108 Å². The Morgan fingerprint density at radius 2 is 1.24 bits per heavy atom. The van der Waals surface area contributed by atoms with Crippen LogP contribution in [-0.2, 0) is 6.16 Å². The van der Waals surface area contributed by atoms with Crippen LogP contribution in [0.4, 0.5) is 0 Å². The van der Waals surface area contributed by atoms with Crippen LogP contribution in [-0.4, -0.2) is 9.97 Å². The van der Waals surface area contributed by atoms with Gasteiger partial charge < -0.3 is 24.0 Å². The van der Waals surface area contributed by atoms with Gasteiger partial charge in [0.15, 0.2) is 0 Å². The van der Waals surface area contributed by atoms with Crippen molar-refractivity contribution in [2.75, 3.05) is 0 Å². The van der Waals surface area contributed by atoms with E-state index in [-0.39, 0.29) is 24.0 Å². The van der Waals surface area contributed by atoms with Gasteiger partial charge in [0.2, 0.25) is 0 Å². The summed E-state index contributed by atoms with van der Waals surface area (Å²) >= 11 is 3.30. The standard InChI is InChI=1S/C28H24N2PS2.HI/c1-21(2)27-30-26(20-33-27)28-29-22(19-32-28)18-31(23-12-6-3-7-13-23,24-14-8-4-9-15-24)25-16-10-5-11-17-25;/h3-17,19-20H,1,18H2,2H3;1H/q+1;/p-1. The maximum atomic E-state index is 5.08. The molecule has 2 aromatic heterocycles. The molecule has 0 unspecified atom stereocenters. The number of hydrogen-bond donors (Lipinski definition) is 0. The van der Waals surface area contributed by atoms with Crippen LogP contribution in [0.15, 0.2) is 108 Å². The Labute approximate surface area is 226 Å². The van der Waals surface area contributed by atoms with E-state index in [4.69, 9.17) is 9.97 Å². The molecule has 0 spiro atoms. The molecule has 0 bridgehead atoms. The highest BCUT2D eigenvalue weighted by Gasteiger charge is 2.46. The van der Waals surface area contributed by atoms with E-state index in [1.807, 2.05) is 6.92 Å². The van der Waals surface area contributed by atoms with Crippen LogP contribution in [0.2, 0.25) is 0 Å². The van der Waals surface area contributed by atoms with E-state index in [9.17, 15) is 0 Å². The Hall–Kier alpha value is -2.18. The van der Waals surface area contributed by atoms with Crippen LogP contribution in [0.1, 0.15) is 17.6 Å². The predicted molar refractivity (Wildman–Crippen MR) is 147 cm³/mol. The van der Waals surface area contributed by atoms with E-state index in [1.54, 1.807) is 22.7 Å². The summed E-state index contributed by atoms with van der Waals surface area (Å²) in [6.45, 7) is 6.02. The maximum absolute atomic E-state index is 5.08. The molecule has 2 nitrogen and oxygen atoms in total. The van der Waals surface area contributed by atoms with E-state index in [1.165, 1.54) is 15.9 Å². The van der Waals surface area contributed by atoms with Crippen molar-refractivity contribution in [2.45, 2.75) is 13.1 Å². The SMILES string of the molecule is C=C(C)c1nc(-c2nc(C[P+](c3ccccc3)(c3ccccc3)c3ccccc3)cs2)cs1.[I-]. The fourth-order valence-electron chi connectivity index (χ4n) is 4.08. The molecule has 0 fully saturated rings. The lowest BCUT2D eigenvalue weighted by atomic mass is 10.4. The van der Waals surface area contributed by atoms with Crippen LogP contribution in [0.5, 0.6) is 0 Å². The largest absolute Gasteiger partial charge is 1.00 e. The van der Waals surface area contributed by atoms with Crippen LogP contribution in [0.3, 0.4) is 0 Å². The lowest BCUT2D eigenvalue weighted by molar-refractivity contribution is -0.00000649. The second-order valence-electron chi connectivity index (χ2n) is 7.94. The Balaban J connectivity index is 0.00000274. The number of nitrogens with zero attached hydrogens (tertiary/aromatic N) is 2. The van der Waals surface area contributed by atoms with Gasteiger partial charge in [-0.25, -0.2) is 9.97 Å². The number of thiazole rings is 2. The monoisotopic (exact) mass is 610 g/mol. The molecular weight excluding hydrogens is 586 g/mol. The summed E-state index contributed by atoms with van der Waals surface area (Å²) < 4.78 is 0. The van der Waals surface area contributed by atoms with E-state index in [0.29, 0.717) is 0 Å². The highest BCUT2D eigenvalue weighted by Crippen LogP contribution is 2.58. The molecule has 0 aliphatic heterocycles. The van der Waals surface area contributed by atoms with Crippen LogP contribution in [0, 0.1) is 0 Å². The zero-order chi connectivity index (χ0) is 22.7. The Morgan fingerprint density at radius 1 is 0.735 bits per heavy atom. The molecule has 0 saturated heterocycles. The minimum atomic E-state index is -1.95. The van der Waals surface area contributed by atoms with Crippen molar-refractivity contribution in [1.29, 1.82) is 0 Å². The second-order valence-corrected chi connectivity index (χ2v) is 13.1. The molecule has 0 aliphatic rings. The smallest absolute Gasteiger partial charge is 0.143 e. The molecule has 0 atom stereocenters. The quantitative estimate of drug-likeness (QED) is 0.207. The van der Waals surface area contributed by atoms with E-state index in [0.717, 1.165) is 33.1 Å². The van der Waals surface area contributed by atoms with Crippen molar-refractivity contribution in [3.8, 4) is 10.7 Å². The van der Waals surface area contributed by atoms with Gasteiger partial charge in [-0.1, -0.05) is 61.2 Å². The second kappa shape index (κ2) is 11.0. The molecule has 0 N–H and O–H groups in total. The Kier molecular flexibility index (Phi) is 8.10. The molecule has 2 heterocycles. The van der Waals surface area contributed by atoms with E-state index >= 15 is 0 Å². The van der Waals surface area contributed by atoms with Gasteiger partial charge in [-0.05, 0) is 48.9 Å². The fourth-order valence-corrected chi connectivity index (χ4v) is 9.93. The number of hydrogen-bond acceptors (Lipinski definition) is 4. The number of rotatable bonds is 7. The molecule has 5 rings (SSSR count). The molecule has 5 aromatic rings. The van der Waals surface area contributed by atoms with Gasteiger partial charge in [0.25, 0.3) is 0 Å². The topological polar surface area (TPSA) is 25.8 Å². The summed E-state index contributed by atoms with van der Waals surface area (Å²) in [5.41, 5.74) is 3.05. The summed E-state index contributed by atoms with van der Waals surface area (Å²) in [6.07, 6.45) is 0.874. The zero-order valence-electron chi connectivity index (χ0n) is 18.8. The van der Waals surface area contributed by atoms with Crippen molar-refractivity contribution >= 4 is 51.4 Å². The normalized spacial score (nSPS) is 11.1. The van der Waals surface area contributed by atoms with Gasteiger partial charge in [-0.2, -0.15) is 0 Å². The fraction of sp³-hybridized carbons (Fsp3) is 0.0714. The molecule has 0 aliphatic carbocycles. The molecule has 34 heavy (non-hydrogen) atoms. The van der Waals surface area contributed by atoms with Crippen LogP contribution in [0.25, 0.3) is 16.3 Å². The van der Waals surface area contributed by atoms with Crippen molar-refractivity contribution in [2.24, 2.45) is 0 Å². The van der Waals surface area contributed by atoms with Gasteiger partial charge in [-0.3, -0.25) is 0 Å². The molecule has 170 valence electrons. The molecule has 0 amide bonds. The number of allylic oxidation sites excluding steroid dienone is 1. The molecular formula is C28H24IN2PS2. The van der Waals surface area contributed by atoms with Crippen molar-refractivity contribution in [1.82, 2.24) is 9.97 Å². The average Bonchev–Trinajstić information content (AvgIpc) is 3.54. The summed E-state index contributed by atoms with van der Waals surface area (Å²) in [7, 11) is -1.95. The lowest BCUT2D eigenvalue weighted by Crippen LogP contribution is -3.00. The van der Waals surface area contributed by atoms with Gasteiger partial charge in [0.05, 0.1) is 5.69 Å². The summed E-state index contributed by atoms with van der Waals surface area (Å²) in [5, 5.41) is 10.3. The lowest BCUT2D eigenvalue weighted by Gasteiger charge is -2.27. The number of benzene rings is 3. The Morgan fingerprint density at radius 3 is 1.68 bits per heavy atom. The minimum Gasteiger partial charge on any atom is -1.00 e. The molecule has 0 radical (unpaired) electrons. The van der Waals surface area contributed by atoms with E-state index < -0.39 is 7.26 Å². The van der Waals surface area contributed by atoms with Gasteiger partial charge in [-0.15, -0.1) is 22.7 Å². The first-order valence-electron chi connectivity index (χ1n) is 10.8. The Bertz CT molecular complexity index is 1270. The van der Waals surface area contributed by atoms with Crippen molar-refractivity contribution < 1.29 is 24.0 Å². The van der Waals surface area contributed by atoms with Crippen molar-refractivity contribution in [3.63, 3.8) is 0 Å². The first-order chi connectivity index (χ1) is 16.2. The average molecular weight is 611 g/mol. The summed E-state index contributed by atoms with van der Waals surface area (Å²) in [4.78, 5) is 9.82. The first kappa shape index (κ1) is 24.9. The van der Waals surface area contributed by atoms with Crippen LogP contribution >= 0.6 is 29.9 Å². The van der Waals surface area contributed by atoms with Gasteiger partial charge in [0.1, 0.15) is 45.0 Å². The molecule has 6 heteroatoms. The highest BCUT2D eigenvalue weighted by atomic mass is 127. The zero-order valence-corrected chi connectivity index (χ0v) is 23.5. The highest BCUT2D eigenvalue weighted by molar-refractivity contribution is 7.95. The third-order valence-corrected chi connectivity index (χ3v) is 11.9. The molecule has 3 aromatic carbocycles. The summed E-state index contributed by atoms with van der Waals surface area (Å²) in [5.74, 6) is 0. The number of halogens is 1. The number of aromatic nitrogens is 2. The maximum Gasteiger partial charge on any atom is 0.143 e. The third kappa shape index (κ3) is 4.94. The third-order valence-electron chi connectivity index (χ3n) is 5.63. The molecule has 0 saturated carbocycles. The van der Waals surface area contributed by atoms with Crippen molar-refractivity contribution in [3.05, 3.63) is 119 Å². The summed E-state index contributed by atoms with van der Waals surface area (Å²) in [6, 6.07) is 32.8. The predicted octanol–water partition coefficient (Wildman–Crippen LogP) is 3.80.